The van der Waals surface area contributed by atoms with E-state index in [9.17, 15) is 4.79 Å². The lowest BCUT2D eigenvalue weighted by atomic mass is 10.1. The summed E-state index contributed by atoms with van der Waals surface area (Å²) in [5.41, 5.74) is 7.93. The number of hydrogen-bond donors (Lipinski definition) is 2. The standard InChI is InChI=1S/C14H12BrClN2O2/c1-20-14(19)8-4-2-6-10(17)13(8)18-11-7-3-5-9(16)12(11)15/h2-7,18H,17H2,1H3. The molecule has 2 rings (SSSR count). The second kappa shape index (κ2) is 6.15. The number of carbonyl (C=O) groups excluding carboxylic acids is 1. The molecular weight excluding hydrogens is 344 g/mol. The molecule has 0 heterocycles. The second-order valence-corrected chi connectivity index (χ2v) is 5.19. The zero-order valence-corrected chi connectivity index (χ0v) is 13.0. The van der Waals surface area contributed by atoms with Crippen LogP contribution in [0.25, 0.3) is 0 Å². The van der Waals surface area contributed by atoms with Gasteiger partial charge in [0.15, 0.2) is 0 Å². The van der Waals surface area contributed by atoms with E-state index in [1.807, 2.05) is 6.07 Å². The van der Waals surface area contributed by atoms with Gasteiger partial charge in [0.25, 0.3) is 0 Å². The van der Waals surface area contributed by atoms with E-state index in [-0.39, 0.29) is 0 Å². The van der Waals surface area contributed by atoms with Crippen molar-refractivity contribution in [1.82, 2.24) is 0 Å². The number of carbonyl (C=O) groups is 1. The van der Waals surface area contributed by atoms with Crippen LogP contribution in [0.15, 0.2) is 40.9 Å². The fourth-order valence-corrected chi connectivity index (χ4v) is 2.26. The fourth-order valence-electron chi connectivity index (χ4n) is 1.72. The average Bonchev–Trinajstić information content (AvgIpc) is 2.45. The Morgan fingerprint density at radius 2 is 2.00 bits per heavy atom. The summed E-state index contributed by atoms with van der Waals surface area (Å²) in [6.45, 7) is 0. The SMILES string of the molecule is COC(=O)c1cccc(N)c1Nc1cccc(Cl)c1Br. The molecule has 0 fully saturated rings. The number of halogens is 2. The van der Waals surface area contributed by atoms with E-state index >= 15 is 0 Å². The van der Waals surface area contributed by atoms with Crippen molar-refractivity contribution in [2.75, 3.05) is 18.2 Å². The van der Waals surface area contributed by atoms with Gasteiger partial charge in [0.05, 0.1) is 39.2 Å². The quantitative estimate of drug-likeness (QED) is 0.639. The van der Waals surface area contributed by atoms with Gasteiger partial charge in [-0.05, 0) is 40.2 Å². The van der Waals surface area contributed by atoms with Gasteiger partial charge >= 0.3 is 5.97 Å². The zero-order chi connectivity index (χ0) is 14.7. The van der Waals surface area contributed by atoms with E-state index in [4.69, 9.17) is 22.1 Å². The lowest BCUT2D eigenvalue weighted by Crippen LogP contribution is -2.08. The molecule has 0 bridgehead atoms. The van der Waals surface area contributed by atoms with Crippen LogP contribution in [0.3, 0.4) is 0 Å². The molecule has 0 spiro atoms. The normalized spacial score (nSPS) is 10.2. The Hall–Kier alpha value is -1.72. The van der Waals surface area contributed by atoms with Crippen molar-refractivity contribution in [1.29, 1.82) is 0 Å². The molecule has 0 aromatic heterocycles. The number of benzene rings is 2. The summed E-state index contributed by atoms with van der Waals surface area (Å²) in [5, 5.41) is 3.67. The van der Waals surface area contributed by atoms with Gasteiger partial charge in [-0.25, -0.2) is 4.79 Å². The molecule has 4 nitrogen and oxygen atoms in total. The first-order valence-corrected chi connectivity index (χ1v) is 6.89. The number of nitrogens with one attached hydrogen (secondary N) is 1. The topological polar surface area (TPSA) is 64.3 Å². The molecular formula is C14H12BrClN2O2. The minimum absolute atomic E-state index is 0.361. The molecule has 0 aliphatic rings. The molecule has 2 aromatic rings. The Labute approximate surface area is 130 Å². The van der Waals surface area contributed by atoms with Crippen LogP contribution in [0.1, 0.15) is 10.4 Å². The van der Waals surface area contributed by atoms with E-state index in [0.29, 0.717) is 32.1 Å². The first kappa shape index (κ1) is 14.7. The largest absolute Gasteiger partial charge is 0.465 e. The van der Waals surface area contributed by atoms with Crippen molar-refractivity contribution in [2.24, 2.45) is 0 Å². The molecule has 2 aromatic carbocycles. The van der Waals surface area contributed by atoms with Crippen molar-refractivity contribution >= 4 is 50.6 Å². The minimum Gasteiger partial charge on any atom is -0.465 e. The molecule has 0 saturated carbocycles. The third-order valence-electron chi connectivity index (χ3n) is 2.71. The van der Waals surface area contributed by atoms with Crippen molar-refractivity contribution in [3.8, 4) is 0 Å². The maximum Gasteiger partial charge on any atom is 0.340 e. The van der Waals surface area contributed by atoms with Gasteiger partial charge in [-0.3, -0.25) is 0 Å². The summed E-state index contributed by atoms with van der Waals surface area (Å²) in [5.74, 6) is -0.460. The average molecular weight is 356 g/mol. The highest BCUT2D eigenvalue weighted by Crippen LogP contribution is 2.35. The lowest BCUT2D eigenvalue weighted by Gasteiger charge is -2.14. The van der Waals surface area contributed by atoms with Crippen LogP contribution < -0.4 is 11.1 Å². The number of nitrogens with two attached hydrogens (primary N) is 1. The molecule has 0 aliphatic carbocycles. The molecule has 0 unspecified atom stereocenters. The summed E-state index contributed by atoms with van der Waals surface area (Å²) in [4.78, 5) is 11.8. The Morgan fingerprint density at radius 1 is 1.30 bits per heavy atom. The molecule has 0 amide bonds. The number of nitrogen functional groups attached to an aromatic ring is 1. The van der Waals surface area contributed by atoms with E-state index < -0.39 is 5.97 Å². The highest BCUT2D eigenvalue weighted by atomic mass is 79.9. The van der Waals surface area contributed by atoms with Crippen molar-refractivity contribution in [2.45, 2.75) is 0 Å². The van der Waals surface area contributed by atoms with Crippen LogP contribution in [-0.4, -0.2) is 13.1 Å². The van der Waals surface area contributed by atoms with E-state index in [0.717, 1.165) is 0 Å². The summed E-state index contributed by atoms with van der Waals surface area (Å²) in [7, 11) is 1.32. The van der Waals surface area contributed by atoms with Crippen LogP contribution in [0.4, 0.5) is 17.1 Å². The monoisotopic (exact) mass is 354 g/mol. The third kappa shape index (κ3) is 2.89. The number of rotatable bonds is 3. The Bertz CT molecular complexity index is 662. The Morgan fingerprint density at radius 3 is 2.70 bits per heavy atom. The van der Waals surface area contributed by atoms with E-state index in [1.54, 1.807) is 30.3 Å². The van der Waals surface area contributed by atoms with Gasteiger partial charge in [0, 0.05) is 0 Å². The predicted molar refractivity (Wildman–Crippen MR) is 84.6 cm³/mol. The van der Waals surface area contributed by atoms with Crippen molar-refractivity contribution < 1.29 is 9.53 Å². The zero-order valence-electron chi connectivity index (χ0n) is 10.6. The van der Waals surface area contributed by atoms with Crippen molar-refractivity contribution in [3.05, 3.63) is 51.5 Å². The maximum atomic E-state index is 11.8. The molecule has 6 heteroatoms. The number of hydrogen-bond acceptors (Lipinski definition) is 4. The molecule has 0 saturated heterocycles. The van der Waals surface area contributed by atoms with Crippen LogP contribution in [-0.2, 0) is 4.74 Å². The third-order valence-corrected chi connectivity index (χ3v) is 4.11. The number of ether oxygens (including phenoxy) is 1. The van der Waals surface area contributed by atoms with Crippen LogP contribution in [0, 0.1) is 0 Å². The van der Waals surface area contributed by atoms with Crippen LogP contribution in [0.5, 0.6) is 0 Å². The highest BCUT2D eigenvalue weighted by Gasteiger charge is 2.15. The van der Waals surface area contributed by atoms with E-state index in [1.165, 1.54) is 7.11 Å². The highest BCUT2D eigenvalue weighted by molar-refractivity contribution is 9.10. The second-order valence-electron chi connectivity index (χ2n) is 3.99. The molecule has 3 N–H and O–H groups in total. The Balaban J connectivity index is 2.48. The molecule has 104 valence electrons. The number of methoxy groups -OCH3 is 1. The van der Waals surface area contributed by atoms with Crippen LogP contribution >= 0.6 is 27.5 Å². The first-order chi connectivity index (χ1) is 9.54. The summed E-state index contributed by atoms with van der Waals surface area (Å²) < 4.78 is 5.45. The van der Waals surface area contributed by atoms with Gasteiger partial charge in [-0.15, -0.1) is 0 Å². The van der Waals surface area contributed by atoms with Gasteiger partial charge in [0.2, 0.25) is 0 Å². The maximum absolute atomic E-state index is 11.8. The molecule has 0 aliphatic heterocycles. The lowest BCUT2D eigenvalue weighted by molar-refractivity contribution is 0.0602. The predicted octanol–water partition coefficient (Wildman–Crippen LogP) is 4.21. The summed E-state index contributed by atoms with van der Waals surface area (Å²) in [6.07, 6.45) is 0. The fraction of sp³-hybridized carbons (Fsp3) is 0.0714. The Kier molecular flexibility index (Phi) is 4.52. The van der Waals surface area contributed by atoms with Gasteiger partial charge in [0.1, 0.15) is 0 Å². The van der Waals surface area contributed by atoms with Gasteiger partial charge < -0.3 is 15.8 Å². The number of para-hydroxylation sites is 1. The smallest absolute Gasteiger partial charge is 0.340 e. The van der Waals surface area contributed by atoms with Gasteiger partial charge in [-0.1, -0.05) is 23.7 Å². The van der Waals surface area contributed by atoms with Crippen molar-refractivity contribution in [3.63, 3.8) is 0 Å². The minimum atomic E-state index is -0.460. The summed E-state index contributed by atoms with van der Waals surface area (Å²) >= 11 is 9.43. The van der Waals surface area contributed by atoms with E-state index in [2.05, 4.69) is 21.2 Å². The number of esters is 1. The van der Waals surface area contributed by atoms with Gasteiger partial charge in [-0.2, -0.15) is 0 Å². The molecule has 20 heavy (non-hydrogen) atoms. The molecule has 0 radical (unpaired) electrons. The molecule has 0 atom stereocenters. The van der Waals surface area contributed by atoms with Crippen LogP contribution in [0.2, 0.25) is 5.02 Å². The first-order valence-electron chi connectivity index (χ1n) is 5.72. The summed E-state index contributed by atoms with van der Waals surface area (Å²) in [6, 6.07) is 10.4. The number of anilines is 3.